The van der Waals surface area contributed by atoms with E-state index in [1.165, 1.54) is 10.4 Å². The average Bonchev–Trinajstić information content (AvgIpc) is 3.45. The predicted molar refractivity (Wildman–Crippen MR) is 120 cm³/mol. The molecular weight excluding hydrogens is 360 g/mol. The van der Waals surface area contributed by atoms with E-state index >= 15 is 0 Å². The molecule has 148 valence electrons. The van der Waals surface area contributed by atoms with E-state index in [4.69, 9.17) is 9.16 Å². The molecule has 1 aliphatic heterocycles. The highest BCUT2D eigenvalue weighted by Gasteiger charge is 2.51. The Balaban J connectivity index is 1.82. The summed E-state index contributed by atoms with van der Waals surface area (Å²) in [7, 11) is -2.45. The van der Waals surface area contributed by atoms with Crippen LogP contribution in [0.2, 0.25) is 5.04 Å². The third-order valence-electron chi connectivity index (χ3n) is 5.42. The Labute approximate surface area is 171 Å². The lowest BCUT2D eigenvalue weighted by Gasteiger charge is -2.43. The van der Waals surface area contributed by atoms with Crippen molar-refractivity contribution in [3.05, 3.63) is 60.7 Å². The van der Waals surface area contributed by atoms with Crippen molar-refractivity contribution in [1.29, 1.82) is 0 Å². The van der Waals surface area contributed by atoms with Crippen molar-refractivity contribution in [3.63, 3.8) is 0 Å². The van der Waals surface area contributed by atoms with Crippen LogP contribution >= 0.6 is 0 Å². The third kappa shape index (κ3) is 4.58. The number of hydrogen-bond donors (Lipinski definition) is 0. The van der Waals surface area contributed by atoms with Crippen molar-refractivity contribution in [2.75, 3.05) is 6.61 Å². The van der Waals surface area contributed by atoms with Gasteiger partial charge in [0.25, 0.3) is 8.32 Å². The predicted octanol–water partition coefficient (Wildman–Crippen LogP) is 4.52. The molecule has 2 atom stereocenters. The molecule has 28 heavy (non-hydrogen) atoms. The maximum Gasteiger partial charge on any atom is 0.261 e. The minimum Gasteiger partial charge on any atom is -0.405 e. The van der Waals surface area contributed by atoms with E-state index < -0.39 is 8.32 Å². The Hall–Kier alpha value is -1.86. The van der Waals surface area contributed by atoms with Crippen LogP contribution < -0.4 is 10.4 Å². The fraction of sp³-hybridized carbons (Fsp3) is 0.440. The van der Waals surface area contributed by atoms with E-state index in [0.29, 0.717) is 12.7 Å². The molecule has 0 aliphatic carbocycles. The van der Waals surface area contributed by atoms with Gasteiger partial charge in [-0.25, -0.2) is 0 Å². The highest BCUT2D eigenvalue weighted by molar-refractivity contribution is 6.99. The Morgan fingerprint density at radius 3 is 1.96 bits per heavy atom. The second-order valence-electron chi connectivity index (χ2n) is 8.43. The summed E-state index contributed by atoms with van der Waals surface area (Å²) in [5.74, 6) is 6.35. The quantitative estimate of drug-likeness (QED) is 0.392. The molecular formula is C25H32O2Si. The lowest BCUT2D eigenvalue weighted by molar-refractivity contribution is 0.247. The fourth-order valence-corrected chi connectivity index (χ4v) is 8.55. The van der Waals surface area contributed by atoms with Gasteiger partial charge in [-0.15, -0.1) is 11.8 Å². The first-order chi connectivity index (χ1) is 13.5. The second-order valence-corrected chi connectivity index (χ2v) is 12.7. The maximum atomic E-state index is 6.93. The maximum absolute atomic E-state index is 6.93. The molecule has 0 aromatic heterocycles. The van der Waals surface area contributed by atoms with Gasteiger partial charge in [-0.3, -0.25) is 0 Å². The number of ether oxygens (including phenoxy) is 1. The lowest BCUT2D eigenvalue weighted by Crippen LogP contribution is -2.66. The first kappa shape index (κ1) is 20.9. The molecule has 1 saturated heterocycles. The summed E-state index contributed by atoms with van der Waals surface area (Å²) < 4.78 is 12.8. The van der Waals surface area contributed by atoms with Crippen LogP contribution in [-0.2, 0) is 9.16 Å². The molecule has 0 saturated carbocycles. The van der Waals surface area contributed by atoms with Gasteiger partial charge in [-0.05, 0) is 21.8 Å². The van der Waals surface area contributed by atoms with Gasteiger partial charge in [-0.1, -0.05) is 88.4 Å². The fourth-order valence-electron chi connectivity index (χ4n) is 3.98. The van der Waals surface area contributed by atoms with Crippen LogP contribution in [0.5, 0.6) is 0 Å². The van der Waals surface area contributed by atoms with Crippen molar-refractivity contribution in [3.8, 4) is 11.8 Å². The van der Waals surface area contributed by atoms with Gasteiger partial charge in [0.05, 0.1) is 12.7 Å². The molecule has 2 aromatic carbocycles. The summed E-state index contributed by atoms with van der Waals surface area (Å²) in [6, 6.07) is 21.6. The Bertz CT molecular complexity index is 760. The van der Waals surface area contributed by atoms with Crippen LogP contribution in [0, 0.1) is 11.8 Å². The van der Waals surface area contributed by atoms with E-state index in [9.17, 15) is 0 Å². The van der Waals surface area contributed by atoms with Crippen molar-refractivity contribution in [2.24, 2.45) is 0 Å². The van der Waals surface area contributed by atoms with Crippen LogP contribution in [0.15, 0.2) is 60.7 Å². The van der Waals surface area contributed by atoms with Crippen LogP contribution in [0.3, 0.4) is 0 Å². The van der Waals surface area contributed by atoms with Crippen molar-refractivity contribution in [1.82, 2.24) is 0 Å². The first-order valence-corrected chi connectivity index (χ1v) is 12.3. The van der Waals surface area contributed by atoms with Gasteiger partial charge in [-0.2, -0.15) is 0 Å². The summed E-state index contributed by atoms with van der Waals surface area (Å²) in [6.07, 6.45) is 3.33. The molecule has 0 spiro atoms. The second kappa shape index (κ2) is 9.09. The summed E-state index contributed by atoms with van der Waals surface area (Å²) in [5.41, 5.74) is 0. The zero-order valence-electron chi connectivity index (χ0n) is 17.6. The van der Waals surface area contributed by atoms with Gasteiger partial charge in [0, 0.05) is 12.8 Å². The normalized spacial score (nSPS) is 19.0. The smallest absolute Gasteiger partial charge is 0.261 e. The molecule has 0 bridgehead atoms. The zero-order valence-corrected chi connectivity index (χ0v) is 18.6. The molecule has 0 radical (unpaired) electrons. The van der Waals surface area contributed by atoms with Gasteiger partial charge < -0.3 is 9.16 Å². The summed E-state index contributed by atoms with van der Waals surface area (Å²) in [5, 5.41) is 2.64. The molecule has 2 aromatic rings. The summed E-state index contributed by atoms with van der Waals surface area (Å²) in [6.45, 7) is 9.67. The molecule has 2 nitrogen and oxygen atoms in total. The Morgan fingerprint density at radius 2 is 1.46 bits per heavy atom. The van der Waals surface area contributed by atoms with Crippen molar-refractivity contribution < 1.29 is 9.16 Å². The van der Waals surface area contributed by atoms with Gasteiger partial charge in [0.2, 0.25) is 0 Å². The number of benzene rings is 2. The van der Waals surface area contributed by atoms with Crippen LogP contribution in [-0.4, -0.2) is 27.1 Å². The van der Waals surface area contributed by atoms with Crippen molar-refractivity contribution >= 4 is 18.7 Å². The Kier molecular flexibility index (Phi) is 6.77. The molecule has 1 fully saturated rings. The molecule has 3 heteroatoms. The molecule has 3 rings (SSSR count). The van der Waals surface area contributed by atoms with E-state index in [1.807, 2.05) is 0 Å². The summed E-state index contributed by atoms with van der Waals surface area (Å²) >= 11 is 0. The number of epoxide rings is 1. The molecule has 1 aliphatic rings. The van der Waals surface area contributed by atoms with E-state index in [0.717, 1.165) is 19.3 Å². The van der Waals surface area contributed by atoms with E-state index in [-0.39, 0.29) is 11.1 Å². The highest BCUT2D eigenvalue weighted by Crippen LogP contribution is 2.38. The standard InChI is InChI=1S/C25H32O2Si/c1-5-6-7-14-19-23-24(27-23)20-26-28(25(2,3)4,21-15-10-8-11-16-21)22-17-12-9-13-18-22/h8-13,15-18,23-24H,5,14,19-20H2,1-4H3/t23-,24+/m1/s1. The van der Waals surface area contributed by atoms with Gasteiger partial charge in [0.15, 0.2) is 0 Å². The summed E-state index contributed by atoms with van der Waals surface area (Å²) in [4.78, 5) is 0. The number of rotatable bonds is 7. The van der Waals surface area contributed by atoms with Crippen LogP contribution in [0.25, 0.3) is 0 Å². The van der Waals surface area contributed by atoms with Crippen LogP contribution in [0.1, 0.15) is 47.0 Å². The highest BCUT2D eigenvalue weighted by atomic mass is 28.4. The zero-order chi connectivity index (χ0) is 20.0. The first-order valence-electron chi connectivity index (χ1n) is 10.3. The molecule has 0 amide bonds. The molecule has 0 unspecified atom stereocenters. The van der Waals surface area contributed by atoms with Crippen LogP contribution in [0.4, 0.5) is 0 Å². The van der Waals surface area contributed by atoms with E-state index in [1.54, 1.807) is 0 Å². The topological polar surface area (TPSA) is 21.8 Å². The lowest BCUT2D eigenvalue weighted by atomic mass is 10.2. The average molecular weight is 393 g/mol. The largest absolute Gasteiger partial charge is 0.405 e. The van der Waals surface area contributed by atoms with E-state index in [2.05, 4.69) is 100 Å². The van der Waals surface area contributed by atoms with Crippen molar-refractivity contribution in [2.45, 2.75) is 64.2 Å². The molecule has 0 N–H and O–H groups in total. The SMILES string of the molecule is CCC#CCC[C@H]1O[C@H]1CO[Si](c1ccccc1)(c1ccccc1)C(C)(C)C. The van der Waals surface area contributed by atoms with Gasteiger partial charge >= 0.3 is 0 Å². The minimum atomic E-state index is -2.45. The number of hydrogen-bond acceptors (Lipinski definition) is 2. The monoisotopic (exact) mass is 392 g/mol. The Morgan fingerprint density at radius 1 is 0.893 bits per heavy atom. The third-order valence-corrected chi connectivity index (χ3v) is 10.4. The minimum absolute atomic E-state index is 0.00664. The van der Waals surface area contributed by atoms with Gasteiger partial charge in [0.1, 0.15) is 6.10 Å². The molecule has 1 heterocycles.